The molecule has 3 aromatic carbocycles. The molecule has 0 radical (unpaired) electrons. The van der Waals surface area contributed by atoms with Crippen molar-refractivity contribution in [1.29, 1.82) is 0 Å². The second-order valence-corrected chi connectivity index (χ2v) is 6.40. The van der Waals surface area contributed by atoms with Crippen molar-refractivity contribution in [2.75, 3.05) is 0 Å². The molecule has 4 nitrogen and oxygen atoms in total. The Morgan fingerprint density at radius 2 is 1.26 bits per heavy atom. The van der Waals surface area contributed by atoms with Crippen LogP contribution in [0.2, 0.25) is 0 Å². The molecule has 0 aliphatic rings. The predicted molar refractivity (Wildman–Crippen MR) is 106 cm³/mol. The monoisotopic (exact) mass is 358 g/mol. The summed E-state index contributed by atoms with van der Waals surface area (Å²) in [5, 5.41) is 0. The number of amides is 2. The molecule has 0 aliphatic carbocycles. The molecule has 3 aromatic rings. The average Bonchev–Trinajstić information content (AvgIpc) is 2.70. The molecule has 0 aliphatic heterocycles. The highest BCUT2D eigenvalue weighted by Gasteiger charge is 2.22. The van der Waals surface area contributed by atoms with Crippen molar-refractivity contribution in [1.82, 2.24) is 10.9 Å². The van der Waals surface area contributed by atoms with E-state index in [1.165, 1.54) is 0 Å². The SMILES string of the molecule is Cc1ccccc1CC(=O)NNC(=O)C(c1ccccc1)c1ccccc1. The van der Waals surface area contributed by atoms with Gasteiger partial charge in [-0.05, 0) is 29.2 Å². The Hall–Kier alpha value is -3.40. The third kappa shape index (κ3) is 4.82. The molecule has 0 aromatic heterocycles. The van der Waals surface area contributed by atoms with Gasteiger partial charge in [0.05, 0.1) is 12.3 Å². The maximum absolute atomic E-state index is 12.8. The van der Waals surface area contributed by atoms with E-state index in [9.17, 15) is 9.59 Å². The van der Waals surface area contributed by atoms with E-state index in [2.05, 4.69) is 10.9 Å². The first-order chi connectivity index (χ1) is 13.1. The largest absolute Gasteiger partial charge is 0.273 e. The number of hydrazine groups is 1. The van der Waals surface area contributed by atoms with Crippen molar-refractivity contribution in [2.24, 2.45) is 0 Å². The maximum Gasteiger partial charge on any atom is 0.250 e. The molecule has 3 rings (SSSR count). The van der Waals surface area contributed by atoms with Gasteiger partial charge in [0.25, 0.3) is 0 Å². The van der Waals surface area contributed by atoms with Gasteiger partial charge in [-0.3, -0.25) is 20.4 Å². The summed E-state index contributed by atoms with van der Waals surface area (Å²) < 4.78 is 0. The number of carbonyl (C=O) groups is 2. The Kier molecular flexibility index (Phi) is 6.00. The highest BCUT2D eigenvalue weighted by Crippen LogP contribution is 2.24. The minimum absolute atomic E-state index is 0.217. The summed E-state index contributed by atoms with van der Waals surface area (Å²) in [6.45, 7) is 1.96. The zero-order valence-corrected chi connectivity index (χ0v) is 15.2. The number of aryl methyl sites for hydroxylation is 1. The average molecular weight is 358 g/mol. The van der Waals surface area contributed by atoms with Gasteiger partial charge < -0.3 is 0 Å². The summed E-state index contributed by atoms with van der Waals surface area (Å²) in [5.41, 5.74) is 8.84. The molecule has 0 bridgehead atoms. The van der Waals surface area contributed by atoms with E-state index in [1.54, 1.807) is 0 Å². The fourth-order valence-electron chi connectivity index (χ4n) is 3.02. The highest BCUT2D eigenvalue weighted by molar-refractivity contribution is 5.89. The molecular weight excluding hydrogens is 336 g/mol. The molecule has 0 fully saturated rings. The van der Waals surface area contributed by atoms with Crippen molar-refractivity contribution in [3.05, 3.63) is 107 Å². The quantitative estimate of drug-likeness (QED) is 0.686. The first-order valence-corrected chi connectivity index (χ1v) is 8.88. The van der Waals surface area contributed by atoms with Crippen LogP contribution >= 0.6 is 0 Å². The number of carbonyl (C=O) groups excluding carboxylic acids is 2. The summed E-state index contributed by atoms with van der Waals surface area (Å²) in [6.07, 6.45) is 0.217. The van der Waals surface area contributed by atoms with E-state index in [0.717, 1.165) is 22.3 Å². The lowest BCUT2D eigenvalue weighted by molar-refractivity contribution is -0.128. The van der Waals surface area contributed by atoms with Crippen LogP contribution in [0.4, 0.5) is 0 Å². The molecule has 27 heavy (non-hydrogen) atoms. The summed E-state index contributed by atoms with van der Waals surface area (Å²) in [6, 6.07) is 26.8. The van der Waals surface area contributed by atoms with Crippen LogP contribution in [0.3, 0.4) is 0 Å². The lowest BCUT2D eigenvalue weighted by atomic mass is 9.91. The number of rotatable bonds is 5. The van der Waals surface area contributed by atoms with Crippen molar-refractivity contribution in [3.8, 4) is 0 Å². The van der Waals surface area contributed by atoms with Crippen LogP contribution in [0.1, 0.15) is 28.2 Å². The van der Waals surface area contributed by atoms with Gasteiger partial charge in [-0.25, -0.2) is 0 Å². The first kappa shape index (κ1) is 18.4. The summed E-state index contributed by atoms with van der Waals surface area (Å²) in [4.78, 5) is 25.1. The molecule has 2 N–H and O–H groups in total. The van der Waals surface area contributed by atoms with E-state index in [1.807, 2.05) is 91.9 Å². The van der Waals surface area contributed by atoms with E-state index in [-0.39, 0.29) is 18.2 Å². The van der Waals surface area contributed by atoms with Crippen molar-refractivity contribution in [3.63, 3.8) is 0 Å². The Labute approximate surface area is 159 Å². The fourth-order valence-corrected chi connectivity index (χ4v) is 3.02. The second-order valence-electron chi connectivity index (χ2n) is 6.40. The number of hydrogen-bond donors (Lipinski definition) is 2. The molecule has 0 atom stereocenters. The molecule has 0 saturated carbocycles. The normalized spacial score (nSPS) is 10.4. The smallest absolute Gasteiger partial charge is 0.250 e. The third-order valence-corrected chi connectivity index (χ3v) is 4.47. The van der Waals surface area contributed by atoms with E-state index >= 15 is 0 Å². The van der Waals surface area contributed by atoms with E-state index in [0.29, 0.717) is 0 Å². The Morgan fingerprint density at radius 3 is 1.81 bits per heavy atom. The Balaban J connectivity index is 1.70. The zero-order valence-electron chi connectivity index (χ0n) is 15.2. The van der Waals surface area contributed by atoms with Crippen LogP contribution in [0.5, 0.6) is 0 Å². The Bertz CT molecular complexity index is 868. The standard InChI is InChI=1S/C23H22N2O2/c1-17-10-8-9-15-20(17)16-21(26)24-25-23(27)22(18-11-4-2-5-12-18)19-13-6-3-7-14-19/h2-15,22H,16H2,1H3,(H,24,26)(H,25,27). The van der Waals surface area contributed by atoms with Crippen molar-refractivity contribution < 1.29 is 9.59 Å². The minimum Gasteiger partial charge on any atom is -0.273 e. The third-order valence-electron chi connectivity index (χ3n) is 4.47. The van der Waals surface area contributed by atoms with Gasteiger partial charge in [0.1, 0.15) is 0 Å². The Morgan fingerprint density at radius 1 is 0.741 bits per heavy atom. The fraction of sp³-hybridized carbons (Fsp3) is 0.130. The molecule has 4 heteroatoms. The maximum atomic E-state index is 12.8. The number of hydrogen-bond acceptors (Lipinski definition) is 2. The molecule has 136 valence electrons. The van der Waals surface area contributed by atoms with E-state index < -0.39 is 5.92 Å². The van der Waals surface area contributed by atoms with Gasteiger partial charge in [-0.15, -0.1) is 0 Å². The van der Waals surface area contributed by atoms with Crippen LogP contribution in [0, 0.1) is 6.92 Å². The summed E-state index contributed by atoms with van der Waals surface area (Å²) in [5.74, 6) is -1.02. The topological polar surface area (TPSA) is 58.2 Å². The van der Waals surface area contributed by atoms with Gasteiger partial charge in [0.15, 0.2) is 0 Å². The zero-order chi connectivity index (χ0) is 19.1. The van der Waals surface area contributed by atoms with Crippen LogP contribution in [-0.2, 0) is 16.0 Å². The van der Waals surface area contributed by atoms with Crippen LogP contribution < -0.4 is 10.9 Å². The summed E-state index contributed by atoms with van der Waals surface area (Å²) >= 11 is 0. The van der Waals surface area contributed by atoms with Gasteiger partial charge >= 0.3 is 0 Å². The van der Waals surface area contributed by atoms with Gasteiger partial charge in [-0.2, -0.15) is 0 Å². The number of nitrogens with one attached hydrogen (secondary N) is 2. The highest BCUT2D eigenvalue weighted by atomic mass is 16.2. The lowest BCUT2D eigenvalue weighted by Crippen LogP contribution is -2.44. The molecule has 0 saturated heterocycles. The molecule has 0 heterocycles. The van der Waals surface area contributed by atoms with Crippen LogP contribution in [-0.4, -0.2) is 11.8 Å². The van der Waals surface area contributed by atoms with E-state index in [4.69, 9.17) is 0 Å². The second kappa shape index (κ2) is 8.81. The predicted octanol–water partition coefficient (Wildman–Crippen LogP) is 3.52. The summed E-state index contributed by atoms with van der Waals surface area (Å²) in [7, 11) is 0. The first-order valence-electron chi connectivity index (χ1n) is 8.88. The molecule has 0 spiro atoms. The van der Waals surface area contributed by atoms with Crippen molar-refractivity contribution in [2.45, 2.75) is 19.3 Å². The molecule has 2 amide bonds. The molecular formula is C23H22N2O2. The lowest BCUT2D eigenvalue weighted by Gasteiger charge is -2.18. The van der Waals surface area contributed by atoms with Crippen LogP contribution in [0.25, 0.3) is 0 Å². The minimum atomic E-state index is -0.494. The molecule has 0 unspecified atom stereocenters. The van der Waals surface area contributed by atoms with Gasteiger partial charge in [0, 0.05) is 0 Å². The van der Waals surface area contributed by atoms with Crippen molar-refractivity contribution >= 4 is 11.8 Å². The van der Waals surface area contributed by atoms with Gasteiger partial charge in [-0.1, -0.05) is 84.9 Å². The van der Waals surface area contributed by atoms with Gasteiger partial charge in [0.2, 0.25) is 11.8 Å². The number of benzene rings is 3. The van der Waals surface area contributed by atoms with Crippen LogP contribution in [0.15, 0.2) is 84.9 Å².